The molecule has 4 heteroatoms. The SMILES string of the molecule is Nc1ccc2c(c1)CC(=O)N2C1CCCNC1. The van der Waals surface area contributed by atoms with Gasteiger partial charge in [0.25, 0.3) is 0 Å². The van der Waals surface area contributed by atoms with Crippen LogP contribution in [0.1, 0.15) is 18.4 Å². The number of nitrogen functional groups attached to an aromatic ring is 1. The molecule has 1 saturated heterocycles. The Balaban J connectivity index is 1.93. The maximum Gasteiger partial charge on any atom is 0.231 e. The smallest absolute Gasteiger partial charge is 0.231 e. The molecule has 3 rings (SSSR count). The van der Waals surface area contributed by atoms with Crippen molar-refractivity contribution >= 4 is 17.3 Å². The summed E-state index contributed by atoms with van der Waals surface area (Å²) in [6.07, 6.45) is 2.72. The van der Waals surface area contributed by atoms with E-state index in [1.807, 2.05) is 23.1 Å². The van der Waals surface area contributed by atoms with Gasteiger partial charge in [-0.15, -0.1) is 0 Å². The summed E-state index contributed by atoms with van der Waals surface area (Å²) in [5.41, 5.74) is 8.62. The second-order valence-electron chi connectivity index (χ2n) is 4.83. The average Bonchev–Trinajstić information content (AvgIpc) is 2.65. The van der Waals surface area contributed by atoms with Gasteiger partial charge < -0.3 is 16.0 Å². The van der Waals surface area contributed by atoms with Gasteiger partial charge in [0.1, 0.15) is 0 Å². The fourth-order valence-corrected chi connectivity index (χ4v) is 2.82. The van der Waals surface area contributed by atoms with Crippen LogP contribution in [0.2, 0.25) is 0 Å². The Hall–Kier alpha value is -1.55. The number of carbonyl (C=O) groups is 1. The zero-order valence-electron chi connectivity index (χ0n) is 9.78. The van der Waals surface area contributed by atoms with Gasteiger partial charge in [-0.3, -0.25) is 4.79 Å². The predicted octanol–water partition coefficient (Wildman–Crippen LogP) is 0.910. The number of nitrogens with zero attached hydrogens (tertiary/aromatic N) is 1. The molecule has 1 unspecified atom stereocenters. The summed E-state index contributed by atoms with van der Waals surface area (Å²) in [6, 6.07) is 6.08. The highest BCUT2D eigenvalue weighted by Gasteiger charge is 2.33. The highest BCUT2D eigenvalue weighted by Crippen LogP contribution is 2.33. The quantitative estimate of drug-likeness (QED) is 0.706. The normalized spacial score (nSPS) is 23.9. The van der Waals surface area contributed by atoms with Crippen LogP contribution in [0.5, 0.6) is 0 Å². The van der Waals surface area contributed by atoms with E-state index < -0.39 is 0 Å². The molecular weight excluding hydrogens is 214 g/mol. The zero-order chi connectivity index (χ0) is 11.8. The number of nitrogens with two attached hydrogens (primary N) is 1. The lowest BCUT2D eigenvalue weighted by molar-refractivity contribution is -0.117. The summed E-state index contributed by atoms with van der Waals surface area (Å²) in [6.45, 7) is 1.96. The highest BCUT2D eigenvalue weighted by atomic mass is 16.2. The fraction of sp³-hybridized carbons (Fsp3) is 0.462. The molecule has 2 heterocycles. The average molecular weight is 231 g/mol. The summed E-state index contributed by atoms with van der Waals surface area (Å²) in [7, 11) is 0. The van der Waals surface area contributed by atoms with Gasteiger partial charge in [-0.25, -0.2) is 0 Å². The van der Waals surface area contributed by atoms with Gasteiger partial charge in [0.15, 0.2) is 0 Å². The van der Waals surface area contributed by atoms with Crippen molar-refractivity contribution in [1.82, 2.24) is 5.32 Å². The molecule has 0 saturated carbocycles. The van der Waals surface area contributed by atoms with Crippen LogP contribution in [0, 0.1) is 0 Å². The maximum absolute atomic E-state index is 12.1. The molecule has 3 N–H and O–H groups in total. The fourth-order valence-electron chi connectivity index (χ4n) is 2.82. The topological polar surface area (TPSA) is 58.4 Å². The lowest BCUT2D eigenvalue weighted by Gasteiger charge is -2.32. The standard InChI is InChI=1S/C13H17N3O/c14-10-3-4-12-9(6-10)7-13(17)16(12)11-2-1-5-15-8-11/h3-4,6,11,15H,1-2,5,7-8,14H2. The minimum Gasteiger partial charge on any atom is -0.399 e. The molecule has 1 aromatic carbocycles. The number of amides is 1. The summed E-state index contributed by atoms with van der Waals surface area (Å²) in [5.74, 6) is 0.208. The van der Waals surface area contributed by atoms with Crippen molar-refractivity contribution in [2.75, 3.05) is 23.7 Å². The van der Waals surface area contributed by atoms with Crippen LogP contribution >= 0.6 is 0 Å². The van der Waals surface area contributed by atoms with E-state index in [0.29, 0.717) is 12.5 Å². The van der Waals surface area contributed by atoms with Crippen molar-refractivity contribution < 1.29 is 4.79 Å². The number of hydrogen-bond donors (Lipinski definition) is 2. The van der Waals surface area contributed by atoms with Crippen molar-refractivity contribution in [3.8, 4) is 0 Å². The molecule has 1 fully saturated rings. The number of hydrogen-bond acceptors (Lipinski definition) is 3. The summed E-state index contributed by atoms with van der Waals surface area (Å²) in [4.78, 5) is 14.1. The minimum absolute atomic E-state index is 0.208. The Morgan fingerprint density at radius 3 is 3.06 bits per heavy atom. The van der Waals surface area contributed by atoms with Crippen LogP contribution < -0.4 is 16.0 Å². The number of nitrogens with one attached hydrogen (secondary N) is 1. The van der Waals surface area contributed by atoms with E-state index in [9.17, 15) is 4.79 Å². The highest BCUT2D eigenvalue weighted by molar-refractivity contribution is 6.02. The Bertz CT molecular complexity index is 452. The number of anilines is 2. The Morgan fingerprint density at radius 1 is 1.41 bits per heavy atom. The van der Waals surface area contributed by atoms with Crippen LogP contribution in [0.15, 0.2) is 18.2 Å². The maximum atomic E-state index is 12.1. The lowest BCUT2D eigenvalue weighted by Crippen LogP contribution is -2.47. The lowest BCUT2D eigenvalue weighted by atomic mass is 10.1. The van der Waals surface area contributed by atoms with Crippen molar-refractivity contribution in [1.29, 1.82) is 0 Å². The summed E-state index contributed by atoms with van der Waals surface area (Å²) < 4.78 is 0. The van der Waals surface area contributed by atoms with Gasteiger partial charge in [-0.2, -0.15) is 0 Å². The summed E-state index contributed by atoms with van der Waals surface area (Å²) >= 11 is 0. The molecule has 2 aliphatic rings. The Labute approximate surface area is 101 Å². The first-order chi connectivity index (χ1) is 8.25. The molecule has 1 amide bonds. The van der Waals surface area contributed by atoms with Gasteiger partial charge in [0.2, 0.25) is 5.91 Å². The van der Waals surface area contributed by atoms with E-state index in [2.05, 4.69) is 5.32 Å². The van der Waals surface area contributed by atoms with E-state index in [1.165, 1.54) is 0 Å². The molecule has 90 valence electrons. The zero-order valence-corrected chi connectivity index (χ0v) is 9.78. The van der Waals surface area contributed by atoms with Gasteiger partial charge in [0, 0.05) is 24.0 Å². The number of carbonyl (C=O) groups excluding carboxylic acids is 1. The Kier molecular flexibility index (Phi) is 2.52. The first-order valence-corrected chi connectivity index (χ1v) is 6.17. The monoisotopic (exact) mass is 231 g/mol. The van der Waals surface area contributed by atoms with Gasteiger partial charge in [0.05, 0.1) is 6.42 Å². The summed E-state index contributed by atoms with van der Waals surface area (Å²) in [5, 5.41) is 3.36. The van der Waals surface area contributed by atoms with Crippen LogP contribution in [0.4, 0.5) is 11.4 Å². The minimum atomic E-state index is 0.208. The number of rotatable bonds is 1. The van der Waals surface area contributed by atoms with Crippen molar-refractivity contribution in [3.63, 3.8) is 0 Å². The van der Waals surface area contributed by atoms with E-state index >= 15 is 0 Å². The third-order valence-corrected chi connectivity index (χ3v) is 3.61. The Morgan fingerprint density at radius 2 is 2.29 bits per heavy atom. The van der Waals surface area contributed by atoms with Crippen LogP contribution in [-0.4, -0.2) is 25.0 Å². The van der Waals surface area contributed by atoms with E-state index in [-0.39, 0.29) is 5.91 Å². The van der Waals surface area contributed by atoms with Crippen molar-refractivity contribution in [2.24, 2.45) is 0 Å². The third kappa shape index (κ3) is 1.78. The first kappa shape index (κ1) is 10.6. The first-order valence-electron chi connectivity index (χ1n) is 6.17. The van der Waals surface area contributed by atoms with Crippen LogP contribution in [-0.2, 0) is 11.2 Å². The van der Waals surface area contributed by atoms with Crippen LogP contribution in [0.3, 0.4) is 0 Å². The third-order valence-electron chi connectivity index (χ3n) is 3.61. The molecule has 1 aromatic rings. The predicted molar refractivity (Wildman–Crippen MR) is 67.9 cm³/mol. The molecule has 1 atom stereocenters. The second-order valence-corrected chi connectivity index (χ2v) is 4.83. The molecule has 0 spiro atoms. The molecule has 0 radical (unpaired) electrons. The van der Waals surface area contributed by atoms with Crippen LogP contribution in [0.25, 0.3) is 0 Å². The van der Waals surface area contributed by atoms with Crippen molar-refractivity contribution in [2.45, 2.75) is 25.3 Å². The number of piperidine rings is 1. The van der Waals surface area contributed by atoms with E-state index in [0.717, 1.165) is 42.9 Å². The van der Waals surface area contributed by atoms with Crippen molar-refractivity contribution in [3.05, 3.63) is 23.8 Å². The molecule has 0 bridgehead atoms. The van der Waals surface area contributed by atoms with Gasteiger partial charge >= 0.3 is 0 Å². The molecule has 2 aliphatic heterocycles. The molecule has 4 nitrogen and oxygen atoms in total. The number of benzene rings is 1. The largest absolute Gasteiger partial charge is 0.399 e. The van der Waals surface area contributed by atoms with Gasteiger partial charge in [-0.1, -0.05) is 0 Å². The molecule has 17 heavy (non-hydrogen) atoms. The van der Waals surface area contributed by atoms with Gasteiger partial charge in [-0.05, 0) is 43.1 Å². The van der Waals surface area contributed by atoms with E-state index in [4.69, 9.17) is 5.73 Å². The van der Waals surface area contributed by atoms with E-state index in [1.54, 1.807) is 0 Å². The second kappa shape index (κ2) is 4.04. The number of fused-ring (bicyclic) bond motifs is 1. The molecular formula is C13H17N3O. The molecule has 0 aliphatic carbocycles. The molecule has 0 aromatic heterocycles.